The zero-order valence-electron chi connectivity index (χ0n) is 22.4. The van der Waals surface area contributed by atoms with E-state index in [0.717, 1.165) is 10.6 Å². The Hall–Kier alpha value is -3.00. The molecule has 0 bridgehead atoms. The van der Waals surface area contributed by atoms with E-state index in [9.17, 15) is 30.6 Å². The van der Waals surface area contributed by atoms with Crippen molar-refractivity contribution in [2.24, 2.45) is 0 Å². The van der Waals surface area contributed by atoms with Crippen molar-refractivity contribution >= 4 is 34.8 Å². The molecule has 0 radical (unpaired) electrons. The second-order valence-corrected chi connectivity index (χ2v) is 14.5. The molecule has 41 heavy (non-hydrogen) atoms. The molecule has 0 aromatic heterocycles. The Morgan fingerprint density at radius 2 is 1.10 bits per heavy atom. The molecule has 0 saturated carbocycles. The van der Waals surface area contributed by atoms with E-state index in [-0.39, 0.29) is 11.6 Å². The van der Waals surface area contributed by atoms with E-state index in [0.29, 0.717) is 23.0 Å². The molecule has 0 heterocycles. The van der Waals surface area contributed by atoms with Crippen LogP contribution >= 0.6 is 7.92 Å². The van der Waals surface area contributed by atoms with Gasteiger partial charge in [-0.1, -0.05) is 84.9 Å². The molecule has 0 saturated heterocycles. The van der Waals surface area contributed by atoms with Gasteiger partial charge in [0, 0.05) is 0 Å². The summed E-state index contributed by atoms with van der Waals surface area (Å²) in [5.74, 6) is 0. The number of hydrogen-bond donors (Lipinski definition) is 1. The molecule has 4 aromatic carbocycles. The SMILES string of the molecule is CC(C)(C)[S@@](=O)N[C@H](c1cc(C(F)(F)F)cc(C(F)(F)F)c1)c1ccccc1P(c1ccccc1)c1ccccc1. The van der Waals surface area contributed by atoms with Crippen molar-refractivity contribution in [1.29, 1.82) is 0 Å². The first kappa shape index (κ1) is 30.9. The lowest BCUT2D eigenvalue weighted by Gasteiger charge is -2.30. The van der Waals surface area contributed by atoms with Gasteiger partial charge in [-0.2, -0.15) is 26.3 Å². The summed E-state index contributed by atoms with van der Waals surface area (Å²) in [6.07, 6.45) is -10.0. The van der Waals surface area contributed by atoms with Crippen LogP contribution in [0.5, 0.6) is 0 Å². The van der Waals surface area contributed by atoms with Gasteiger partial charge in [0.2, 0.25) is 0 Å². The molecule has 0 aliphatic rings. The molecule has 4 aromatic rings. The maximum Gasteiger partial charge on any atom is 0.416 e. The normalized spacial score (nSPS) is 14.2. The van der Waals surface area contributed by atoms with Crippen LogP contribution < -0.4 is 20.6 Å². The third kappa shape index (κ3) is 7.45. The molecule has 0 unspecified atom stereocenters. The Morgan fingerprint density at radius 1 is 0.659 bits per heavy atom. The van der Waals surface area contributed by atoms with E-state index >= 15 is 0 Å². The van der Waals surface area contributed by atoms with Crippen LogP contribution in [0.15, 0.2) is 103 Å². The van der Waals surface area contributed by atoms with Crippen LogP contribution in [0.1, 0.15) is 49.1 Å². The molecule has 1 N–H and O–H groups in total. The average Bonchev–Trinajstić information content (AvgIpc) is 2.91. The van der Waals surface area contributed by atoms with Crippen molar-refractivity contribution in [3.63, 3.8) is 0 Å². The summed E-state index contributed by atoms with van der Waals surface area (Å²) in [4.78, 5) is 0. The first-order valence-corrected chi connectivity index (χ1v) is 15.1. The van der Waals surface area contributed by atoms with Crippen molar-refractivity contribution in [2.75, 3.05) is 0 Å². The number of benzene rings is 4. The fraction of sp³-hybridized carbons (Fsp3) is 0.226. The van der Waals surface area contributed by atoms with E-state index in [1.807, 2.05) is 66.7 Å². The Kier molecular flexibility index (Phi) is 9.12. The molecule has 4 rings (SSSR count). The van der Waals surface area contributed by atoms with Crippen molar-refractivity contribution in [1.82, 2.24) is 4.72 Å². The molecular weight excluding hydrogens is 579 g/mol. The Labute approximate surface area is 239 Å². The van der Waals surface area contributed by atoms with Gasteiger partial charge >= 0.3 is 12.4 Å². The Bertz CT molecular complexity index is 1430. The summed E-state index contributed by atoms with van der Waals surface area (Å²) in [7, 11) is -3.13. The van der Waals surface area contributed by atoms with Crippen molar-refractivity contribution in [3.8, 4) is 0 Å². The third-order valence-electron chi connectivity index (χ3n) is 6.24. The summed E-state index contributed by atoms with van der Waals surface area (Å²) < 4.78 is 98.6. The van der Waals surface area contributed by atoms with Gasteiger partial charge in [-0.15, -0.1) is 0 Å². The summed E-state index contributed by atoms with van der Waals surface area (Å²) in [5, 5.41) is 2.60. The lowest BCUT2D eigenvalue weighted by atomic mass is 9.95. The first-order valence-electron chi connectivity index (χ1n) is 12.6. The summed E-state index contributed by atoms with van der Waals surface area (Å²) >= 11 is 0. The highest BCUT2D eigenvalue weighted by molar-refractivity contribution is 7.84. The van der Waals surface area contributed by atoms with E-state index in [2.05, 4.69) is 4.72 Å². The molecule has 0 amide bonds. The highest BCUT2D eigenvalue weighted by Crippen LogP contribution is 2.41. The van der Waals surface area contributed by atoms with Crippen LogP contribution in [-0.2, 0) is 23.3 Å². The van der Waals surface area contributed by atoms with Gasteiger partial charge in [-0.05, 0) is 73.9 Å². The predicted molar refractivity (Wildman–Crippen MR) is 154 cm³/mol. The summed E-state index contributed by atoms with van der Waals surface area (Å²) in [6, 6.07) is 26.2. The standard InChI is InChI=1S/C31H28F6NOPS/c1-29(2,3)41(39)38-28(21-18-22(30(32,33)34)20-23(19-21)31(35,36)37)26-16-10-11-17-27(26)40(24-12-6-4-7-13-24)25-14-8-5-9-15-25/h4-20,28,38H,1-3H3/t28-,41-/m1/s1. The van der Waals surface area contributed by atoms with Gasteiger partial charge in [0.05, 0.1) is 32.9 Å². The third-order valence-corrected chi connectivity index (χ3v) is 10.3. The molecular formula is C31H28F6NOPS. The predicted octanol–water partition coefficient (Wildman–Crippen LogP) is 7.62. The lowest BCUT2D eigenvalue weighted by molar-refractivity contribution is -0.143. The molecule has 0 aliphatic carbocycles. The molecule has 0 aliphatic heterocycles. The van der Waals surface area contributed by atoms with Crippen LogP contribution in [0.2, 0.25) is 0 Å². The molecule has 2 nitrogen and oxygen atoms in total. The lowest BCUT2D eigenvalue weighted by Crippen LogP contribution is -2.38. The maximum atomic E-state index is 13.9. The minimum atomic E-state index is -5.02. The number of alkyl halides is 6. The smallest absolute Gasteiger partial charge is 0.242 e. The van der Waals surface area contributed by atoms with Gasteiger partial charge < -0.3 is 0 Å². The highest BCUT2D eigenvalue weighted by atomic mass is 32.2. The quantitative estimate of drug-likeness (QED) is 0.170. The molecule has 10 heteroatoms. The van der Waals surface area contributed by atoms with Crippen molar-refractivity contribution in [2.45, 2.75) is 43.9 Å². The van der Waals surface area contributed by atoms with Crippen LogP contribution in [0.4, 0.5) is 26.3 Å². The van der Waals surface area contributed by atoms with E-state index in [4.69, 9.17) is 0 Å². The maximum absolute atomic E-state index is 13.9. The number of hydrogen-bond acceptors (Lipinski definition) is 1. The second kappa shape index (κ2) is 12.1. The monoisotopic (exact) mass is 607 g/mol. The number of rotatable bonds is 7. The fourth-order valence-electron chi connectivity index (χ4n) is 4.26. The van der Waals surface area contributed by atoms with Crippen LogP contribution in [0, 0.1) is 0 Å². The van der Waals surface area contributed by atoms with Crippen molar-refractivity contribution < 1.29 is 30.6 Å². The van der Waals surface area contributed by atoms with Crippen LogP contribution in [0.3, 0.4) is 0 Å². The van der Waals surface area contributed by atoms with Crippen LogP contribution in [-0.4, -0.2) is 8.96 Å². The minimum Gasteiger partial charge on any atom is -0.242 e. The second-order valence-electron chi connectivity index (χ2n) is 10.3. The molecule has 216 valence electrons. The molecule has 0 spiro atoms. The molecule has 2 atom stereocenters. The van der Waals surface area contributed by atoms with E-state index < -0.39 is 53.2 Å². The topological polar surface area (TPSA) is 29.1 Å². The van der Waals surface area contributed by atoms with Gasteiger partial charge in [0.15, 0.2) is 0 Å². The molecule has 0 fully saturated rings. The summed E-state index contributed by atoms with van der Waals surface area (Å²) in [5.41, 5.74) is -2.70. The largest absolute Gasteiger partial charge is 0.416 e. The first-order chi connectivity index (χ1) is 19.2. The van der Waals surface area contributed by atoms with Gasteiger partial charge in [-0.25, -0.2) is 8.93 Å². The van der Waals surface area contributed by atoms with Crippen LogP contribution in [0.25, 0.3) is 0 Å². The highest BCUT2D eigenvalue weighted by Gasteiger charge is 2.38. The zero-order chi connectivity index (χ0) is 30.0. The van der Waals surface area contributed by atoms with Crippen molar-refractivity contribution in [3.05, 3.63) is 125 Å². The van der Waals surface area contributed by atoms with Gasteiger partial charge in [-0.3, -0.25) is 0 Å². The zero-order valence-corrected chi connectivity index (χ0v) is 24.1. The average molecular weight is 608 g/mol. The fourth-order valence-corrected chi connectivity index (χ4v) is 7.58. The minimum absolute atomic E-state index is 0.105. The van der Waals surface area contributed by atoms with E-state index in [1.54, 1.807) is 39.0 Å². The van der Waals surface area contributed by atoms with E-state index in [1.165, 1.54) is 0 Å². The number of nitrogens with one attached hydrogen (secondary N) is 1. The number of halogens is 6. The Morgan fingerprint density at radius 3 is 1.54 bits per heavy atom. The Balaban J connectivity index is 2.01. The van der Waals surface area contributed by atoms with Gasteiger partial charge in [0.1, 0.15) is 0 Å². The summed E-state index contributed by atoms with van der Waals surface area (Å²) in [6.45, 7) is 5.02. The van der Waals surface area contributed by atoms with Gasteiger partial charge in [0.25, 0.3) is 0 Å².